The number of benzene rings is 2. The summed E-state index contributed by atoms with van der Waals surface area (Å²) < 4.78 is 40.8. The second kappa shape index (κ2) is 10.1. The lowest BCUT2D eigenvalue weighted by atomic mass is 10.1. The summed E-state index contributed by atoms with van der Waals surface area (Å²) >= 11 is 0. The number of anilines is 1. The highest BCUT2D eigenvalue weighted by Crippen LogP contribution is 2.16. The predicted octanol–water partition coefficient (Wildman–Crippen LogP) is 4.29. The molecule has 156 valence electrons. The summed E-state index contributed by atoms with van der Waals surface area (Å²) in [5.74, 6) is -0.514. The molecule has 0 radical (unpaired) electrons. The normalized spacial score (nSPS) is 11.4. The van der Waals surface area contributed by atoms with Crippen LogP contribution in [0.25, 0.3) is 0 Å². The van der Waals surface area contributed by atoms with Gasteiger partial charge in [0.1, 0.15) is 6.61 Å². The Balaban J connectivity index is 1.82. The van der Waals surface area contributed by atoms with Crippen LogP contribution < -0.4 is 10.6 Å². The Kier molecular flexibility index (Phi) is 7.78. The maximum absolute atomic E-state index is 12.2. The van der Waals surface area contributed by atoms with Crippen LogP contribution in [0.2, 0.25) is 0 Å². The summed E-state index contributed by atoms with van der Waals surface area (Å²) in [7, 11) is 0. The Morgan fingerprint density at radius 1 is 0.966 bits per heavy atom. The third-order valence-corrected chi connectivity index (χ3v) is 3.95. The maximum Gasteiger partial charge on any atom is 0.411 e. The average molecular weight is 408 g/mol. The smallest absolute Gasteiger partial charge is 0.367 e. The Morgan fingerprint density at radius 2 is 1.55 bits per heavy atom. The van der Waals surface area contributed by atoms with Crippen molar-refractivity contribution in [1.82, 2.24) is 5.32 Å². The zero-order valence-electron chi connectivity index (χ0n) is 16.2. The first-order chi connectivity index (χ1) is 13.6. The molecule has 0 spiro atoms. The molecule has 0 aliphatic heterocycles. The zero-order valence-corrected chi connectivity index (χ0v) is 16.2. The lowest BCUT2D eigenvalue weighted by Gasteiger charge is -2.10. The molecular weight excluding hydrogens is 385 g/mol. The molecule has 29 heavy (non-hydrogen) atoms. The van der Waals surface area contributed by atoms with E-state index in [4.69, 9.17) is 0 Å². The molecular formula is C21H23F3N2O3. The average Bonchev–Trinajstić information content (AvgIpc) is 2.66. The van der Waals surface area contributed by atoms with Gasteiger partial charge in [0.2, 0.25) is 5.91 Å². The number of ether oxygens (including phenoxy) is 1. The second-order valence-electron chi connectivity index (χ2n) is 6.83. The number of amides is 2. The molecule has 2 rings (SSSR count). The molecule has 0 saturated heterocycles. The van der Waals surface area contributed by atoms with Crippen LogP contribution in [0.1, 0.15) is 35.3 Å². The van der Waals surface area contributed by atoms with Crippen molar-refractivity contribution >= 4 is 17.5 Å². The van der Waals surface area contributed by atoms with E-state index in [0.717, 1.165) is 5.56 Å². The van der Waals surface area contributed by atoms with E-state index in [9.17, 15) is 22.8 Å². The number of nitrogens with one attached hydrogen (secondary N) is 2. The van der Waals surface area contributed by atoms with Gasteiger partial charge in [-0.25, -0.2) is 0 Å². The van der Waals surface area contributed by atoms with Crippen LogP contribution in [-0.2, 0) is 22.7 Å². The van der Waals surface area contributed by atoms with Gasteiger partial charge in [0.25, 0.3) is 5.91 Å². The van der Waals surface area contributed by atoms with E-state index >= 15 is 0 Å². The molecule has 0 atom stereocenters. The van der Waals surface area contributed by atoms with Gasteiger partial charge < -0.3 is 15.4 Å². The fourth-order valence-electron chi connectivity index (χ4n) is 2.31. The lowest BCUT2D eigenvalue weighted by Crippen LogP contribution is -2.23. The van der Waals surface area contributed by atoms with E-state index in [1.165, 1.54) is 0 Å². The number of halogens is 3. The first-order valence-electron chi connectivity index (χ1n) is 9.05. The zero-order chi connectivity index (χ0) is 21.4. The topological polar surface area (TPSA) is 67.4 Å². The number of carbonyl (C=O) groups is 2. The number of hydrogen-bond acceptors (Lipinski definition) is 3. The fraction of sp³-hybridized carbons (Fsp3) is 0.333. The quantitative estimate of drug-likeness (QED) is 0.685. The molecule has 2 aromatic carbocycles. The van der Waals surface area contributed by atoms with Crippen LogP contribution in [0.5, 0.6) is 0 Å². The first kappa shape index (κ1) is 22.4. The summed E-state index contributed by atoms with van der Waals surface area (Å²) in [6.07, 6.45) is -4.34. The second-order valence-corrected chi connectivity index (χ2v) is 6.83. The molecule has 5 nitrogen and oxygen atoms in total. The van der Waals surface area contributed by atoms with E-state index in [0.29, 0.717) is 16.8 Å². The predicted molar refractivity (Wildman–Crippen MR) is 103 cm³/mol. The summed E-state index contributed by atoms with van der Waals surface area (Å²) in [4.78, 5) is 23.9. The van der Waals surface area contributed by atoms with Gasteiger partial charge in [0.15, 0.2) is 0 Å². The van der Waals surface area contributed by atoms with Gasteiger partial charge in [-0.1, -0.05) is 38.1 Å². The van der Waals surface area contributed by atoms with E-state index in [2.05, 4.69) is 15.4 Å². The van der Waals surface area contributed by atoms with Crippen LogP contribution in [0.4, 0.5) is 18.9 Å². The highest BCUT2D eigenvalue weighted by atomic mass is 19.4. The molecule has 2 aromatic rings. The van der Waals surface area contributed by atoms with E-state index in [1.54, 1.807) is 62.4 Å². The van der Waals surface area contributed by atoms with Gasteiger partial charge in [-0.3, -0.25) is 9.59 Å². The monoisotopic (exact) mass is 408 g/mol. The molecule has 2 amide bonds. The minimum absolute atomic E-state index is 0.102. The number of hydrogen-bond donors (Lipinski definition) is 2. The largest absolute Gasteiger partial charge is 0.411 e. The van der Waals surface area contributed by atoms with Gasteiger partial charge in [0.05, 0.1) is 6.61 Å². The van der Waals surface area contributed by atoms with Crippen LogP contribution >= 0.6 is 0 Å². The Bertz CT molecular complexity index is 817. The van der Waals surface area contributed by atoms with E-state index in [1.807, 2.05) is 0 Å². The van der Waals surface area contributed by atoms with Gasteiger partial charge in [-0.15, -0.1) is 0 Å². The van der Waals surface area contributed by atoms with E-state index < -0.39 is 12.8 Å². The molecule has 0 fully saturated rings. The molecule has 0 unspecified atom stereocenters. The highest BCUT2D eigenvalue weighted by Gasteiger charge is 2.27. The number of alkyl halides is 3. The fourth-order valence-corrected chi connectivity index (χ4v) is 2.31. The molecule has 0 aliphatic carbocycles. The van der Waals surface area contributed by atoms with Crippen molar-refractivity contribution in [2.75, 3.05) is 11.9 Å². The minimum atomic E-state index is -4.34. The van der Waals surface area contributed by atoms with Gasteiger partial charge in [-0.05, 0) is 35.4 Å². The summed E-state index contributed by atoms with van der Waals surface area (Å²) in [6, 6.07) is 13.3. The third-order valence-electron chi connectivity index (χ3n) is 3.95. The highest BCUT2D eigenvalue weighted by molar-refractivity contribution is 5.96. The molecule has 0 saturated carbocycles. The van der Waals surface area contributed by atoms with Gasteiger partial charge >= 0.3 is 6.18 Å². The van der Waals surface area contributed by atoms with Crippen molar-refractivity contribution < 1.29 is 27.5 Å². The van der Waals surface area contributed by atoms with Gasteiger partial charge in [0, 0.05) is 23.7 Å². The Hall–Kier alpha value is -2.87. The van der Waals surface area contributed by atoms with Crippen LogP contribution in [-0.4, -0.2) is 24.6 Å². The SMILES string of the molecule is CC(C)C(=O)Nc1ccc(C(=O)NCc2ccc(COCC(F)(F)F)cc2)cc1. The summed E-state index contributed by atoms with van der Waals surface area (Å²) in [6.45, 7) is 2.43. The molecule has 0 heterocycles. The maximum atomic E-state index is 12.2. The Labute approximate surface area is 167 Å². The standard InChI is InChI=1S/C21H23F3N2O3/c1-14(2)19(27)26-18-9-7-17(8-10-18)20(28)25-11-15-3-5-16(6-4-15)12-29-13-21(22,23)24/h3-10,14H,11-13H2,1-2H3,(H,25,28)(H,26,27). The van der Waals surface area contributed by atoms with Crippen molar-refractivity contribution in [3.05, 3.63) is 65.2 Å². The minimum Gasteiger partial charge on any atom is -0.367 e. The molecule has 2 N–H and O–H groups in total. The third kappa shape index (κ3) is 7.95. The number of rotatable bonds is 8. The molecule has 0 aliphatic rings. The van der Waals surface area contributed by atoms with E-state index in [-0.39, 0.29) is 30.9 Å². The summed E-state index contributed by atoms with van der Waals surface area (Å²) in [5.41, 5.74) is 2.48. The molecule has 0 bridgehead atoms. The Morgan fingerprint density at radius 3 is 2.10 bits per heavy atom. The van der Waals surface area contributed by atoms with Crippen LogP contribution in [0.3, 0.4) is 0 Å². The summed E-state index contributed by atoms with van der Waals surface area (Å²) in [5, 5.41) is 5.52. The van der Waals surface area contributed by atoms with Gasteiger partial charge in [-0.2, -0.15) is 13.2 Å². The van der Waals surface area contributed by atoms with Crippen molar-refractivity contribution in [2.45, 2.75) is 33.2 Å². The number of carbonyl (C=O) groups excluding carboxylic acids is 2. The van der Waals surface area contributed by atoms with Crippen molar-refractivity contribution in [3.63, 3.8) is 0 Å². The molecule has 8 heteroatoms. The van der Waals surface area contributed by atoms with Crippen LogP contribution in [0.15, 0.2) is 48.5 Å². The van der Waals surface area contributed by atoms with Crippen molar-refractivity contribution in [2.24, 2.45) is 5.92 Å². The first-order valence-corrected chi connectivity index (χ1v) is 9.05. The molecule has 0 aromatic heterocycles. The lowest BCUT2D eigenvalue weighted by molar-refractivity contribution is -0.176. The van der Waals surface area contributed by atoms with Crippen LogP contribution in [0, 0.1) is 5.92 Å². The van der Waals surface area contributed by atoms with Crippen molar-refractivity contribution in [3.8, 4) is 0 Å². The van der Waals surface area contributed by atoms with Crippen molar-refractivity contribution in [1.29, 1.82) is 0 Å².